The van der Waals surface area contributed by atoms with Gasteiger partial charge in [0.2, 0.25) is 5.91 Å². The Morgan fingerprint density at radius 3 is 2.42 bits per heavy atom. The lowest BCUT2D eigenvalue weighted by Gasteiger charge is -2.34. The third-order valence-corrected chi connectivity index (χ3v) is 7.68. The third-order valence-electron chi connectivity index (χ3n) is 7.68. The summed E-state index contributed by atoms with van der Waals surface area (Å²) in [6.07, 6.45) is 2.86. The number of hydrogen-bond donors (Lipinski definition) is 1. The first-order valence-corrected chi connectivity index (χ1v) is 14.1. The van der Waals surface area contributed by atoms with E-state index in [-0.39, 0.29) is 11.8 Å². The molecule has 40 heavy (non-hydrogen) atoms. The fraction of sp³-hybridized carbons (Fsp3) is 0.452. The SMILES string of the molecule is CCC(=O)N1CCN(Cc2ccc(COc3cccc(CNC(=O)c4cc(C5CC5)nn4C)c3OC)cc2)CC1. The average molecular weight is 546 g/mol. The molecule has 2 fully saturated rings. The molecule has 2 aliphatic rings. The number of nitrogens with one attached hydrogen (secondary N) is 1. The smallest absolute Gasteiger partial charge is 0.269 e. The number of piperazine rings is 1. The molecule has 0 atom stereocenters. The van der Waals surface area contributed by atoms with Gasteiger partial charge in [0.15, 0.2) is 11.5 Å². The summed E-state index contributed by atoms with van der Waals surface area (Å²) in [6, 6.07) is 16.1. The molecule has 2 heterocycles. The Labute approximate surface area is 236 Å². The van der Waals surface area contributed by atoms with Gasteiger partial charge in [-0.1, -0.05) is 43.3 Å². The second-order valence-corrected chi connectivity index (χ2v) is 10.6. The van der Waals surface area contributed by atoms with E-state index in [9.17, 15) is 9.59 Å². The predicted octanol–water partition coefficient (Wildman–Crippen LogP) is 3.87. The Hall–Kier alpha value is -3.85. The zero-order chi connectivity index (χ0) is 28.1. The third kappa shape index (κ3) is 6.65. The van der Waals surface area contributed by atoms with Crippen LogP contribution in [0.25, 0.3) is 0 Å². The summed E-state index contributed by atoms with van der Waals surface area (Å²) in [5.41, 5.74) is 4.70. The Morgan fingerprint density at radius 1 is 1.02 bits per heavy atom. The number of rotatable bonds is 11. The van der Waals surface area contributed by atoms with Gasteiger partial charge < -0.3 is 19.7 Å². The van der Waals surface area contributed by atoms with Gasteiger partial charge in [0, 0.05) is 64.2 Å². The maximum absolute atomic E-state index is 12.8. The van der Waals surface area contributed by atoms with E-state index in [2.05, 4.69) is 39.6 Å². The van der Waals surface area contributed by atoms with Gasteiger partial charge in [-0.25, -0.2) is 0 Å². The second-order valence-electron chi connectivity index (χ2n) is 10.6. The van der Waals surface area contributed by atoms with Gasteiger partial charge in [0.05, 0.1) is 12.8 Å². The lowest BCUT2D eigenvalue weighted by molar-refractivity contribution is -0.132. The Morgan fingerprint density at radius 2 is 1.75 bits per heavy atom. The number of benzene rings is 2. The van der Waals surface area contributed by atoms with Gasteiger partial charge in [-0.3, -0.25) is 19.2 Å². The predicted molar refractivity (Wildman–Crippen MR) is 152 cm³/mol. The van der Waals surface area contributed by atoms with Crippen LogP contribution in [0.4, 0.5) is 0 Å². The van der Waals surface area contributed by atoms with Crippen LogP contribution in [-0.4, -0.2) is 64.7 Å². The molecule has 5 rings (SSSR count). The zero-order valence-electron chi connectivity index (χ0n) is 23.7. The van der Waals surface area contributed by atoms with Crippen LogP contribution in [0.3, 0.4) is 0 Å². The van der Waals surface area contributed by atoms with E-state index in [1.807, 2.05) is 36.1 Å². The van der Waals surface area contributed by atoms with E-state index in [0.717, 1.165) is 62.4 Å². The first-order valence-electron chi connectivity index (χ1n) is 14.1. The molecule has 0 unspecified atom stereocenters. The zero-order valence-corrected chi connectivity index (χ0v) is 23.7. The number of nitrogens with zero attached hydrogens (tertiary/aromatic N) is 4. The topological polar surface area (TPSA) is 88.9 Å². The number of carbonyl (C=O) groups excluding carboxylic acids is 2. The number of ether oxygens (including phenoxy) is 2. The molecule has 1 N–H and O–H groups in total. The molecule has 212 valence electrons. The van der Waals surface area contributed by atoms with Crippen molar-refractivity contribution >= 4 is 11.8 Å². The van der Waals surface area contributed by atoms with Crippen LogP contribution in [0, 0.1) is 0 Å². The highest BCUT2D eigenvalue weighted by Gasteiger charge is 2.28. The van der Waals surface area contributed by atoms with Crippen molar-refractivity contribution in [3.8, 4) is 11.5 Å². The molecular weight excluding hydrogens is 506 g/mol. The molecular formula is C31H39N5O4. The monoisotopic (exact) mass is 545 g/mol. The first-order chi connectivity index (χ1) is 19.4. The van der Waals surface area contributed by atoms with Crippen LogP contribution in [0.2, 0.25) is 0 Å². The number of aryl methyl sites for hydroxylation is 1. The van der Waals surface area contributed by atoms with Crippen LogP contribution in [0.5, 0.6) is 11.5 Å². The molecule has 0 spiro atoms. The van der Waals surface area contributed by atoms with Gasteiger partial charge in [0.1, 0.15) is 12.3 Å². The van der Waals surface area contributed by atoms with E-state index >= 15 is 0 Å². The van der Waals surface area contributed by atoms with Crippen molar-refractivity contribution in [3.63, 3.8) is 0 Å². The number of methoxy groups -OCH3 is 1. The van der Waals surface area contributed by atoms with Crippen molar-refractivity contribution < 1.29 is 19.1 Å². The summed E-state index contributed by atoms with van der Waals surface area (Å²) in [7, 11) is 3.42. The molecule has 9 heteroatoms. The van der Waals surface area contributed by atoms with Crippen molar-refractivity contribution in [2.75, 3.05) is 33.3 Å². The highest BCUT2D eigenvalue weighted by atomic mass is 16.5. The van der Waals surface area contributed by atoms with Gasteiger partial charge in [-0.15, -0.1) is 0 Å². The van der Waals surface area contributed by atoms with Crippen molar-refractivity contribution in [2.45, 2.75) is 51.8 Å². The number of para-hydroxylation sites is 1. The lowest BCUT2D eigenvalue weighted by Crippen LogP contribution is -2.48. The maximum Gasteiger partial charge on any atom is 0.269 e. The van der Waals surface area contributed by atoms with Gasteiger partial charge in [-0.2, -0.15) is 5.10 Å². The van der Waals surface area contributed by atoms with E-state index in [4.69, 9.17) is 9.47 Å². The number of aromatic nitrogens is 2. The minimum absolute atomic E-state index is 0.160. The Bertz CT molecular complexity index is 1320. The highest BCUT2D eigenvalue weighted by molar-refractivity contribution is 5.92. The van der Waals surface area contributed by atoms with Crippen molar-refractivity contribution in [2.24, 2.45) is 7.05 Å². The molecule has 1 aromatic heterocycles. The molecule has 0 bridgehead atoms. The molecule has 1 saturated heterocycles. The minimum Gasteiger partial charge on any atom is -0.493 e. The maximum atomic E-state index is 12.8. The van der Waals surface area contributed by atoms with Crippen LogP contribution in [-0.2, 0) is 31.5 Å². The second kappa shape index (κ2) is 12.6. The fourth-order valence-corrected chi connectivity index (χ4v) is 5.13. The Balaban J connectivity index is 1.13. The van der Waals surface area contributed by atoms with Crippen LogP contribution in [0.1, 0.15) is 65.0 Å². The van der Waals surface area contributed by atoms with Gasteiger partial charge in [-0.05, 0) is 36.1 Å². The molecule has 1 saturated carbocycles. The molecule has 2 amide bonds. The largest absolute Gasteiger partial charge is 0.493 e. The number of carbonyl (C=O) groups is 2. The van der Waals surface area contributed by atoms with E-state index in [1.54, 1.807) is 18.8 Å². The van der Waals surface area contributed by atoms with Crippen molar-refractivity contribution in [3.05, 3.63) is 76.6 Å². The standard InChI is InChI=1S/C31H39N5O4/c1-4-29(37)36-16-14-35(15-17-36)20-22-8-10-23(11-9-22)21-40-28-7-5-6-25(30(28)39-3)19-32-31(38)27-18-26(24-12-13-24)33-34(27)2/h5-11,18,24H,4,12-17,19-21H2,1-3H3,(H,32,38). The van der Waals surface area contributed by atoms with Crippen LogP contribution in [0.15, 0.2) is 48.5 Å². The molecule has 9 nitrogen and oxygen atoms in total. The summed E-state index contributed by atoms with van der Waals surface area (Å²) < 4.78 is 13.5. The fourth-order valence-electron chi connectivity index (χ4n) is 5.13. The quantitative estimate of drug-likeness (QED) is 0.394. The summed E-state index contributed by atoms with van der Waals surface area (Å²) in [5.74, 6) is 1.82. The number of amides is 2. The van der Waals surface area contributed by atoms with Gasteiger partial charge in [0.25, 0.3) is 5.91 Å². The summed E-state index contributed by atoms with van der Waals surface area (Å²) in [5, 5.41) is 7.49. The summed E-state index contributed by atoms with van der Waals surface area (Å²) in [4.78, 5) is 29.1. The Kier molecular flexibility index (Phi) is 8.69. The van der Waals surface area contributed by atoms with E-state index < -0.39 is 0 Å². The van der Waals surface area contributed by atoms with Crippen molar-refractivity contribution in [1.29, 1.82) is 0 Å². The average Bonchev–Trinajstić information content (AvgIpc) is 3.76. The van der Waals surface area contributed by atoms with Crippen LogP contribution >= 0.6 is 0 Å². The molecule has 2 aromatic carbocycles. The molecule has 1 aliphatic carbocycles. The highest BCUT2D eigenvalue weighted by Crippen LogP contribution is 2.39. The molecule has 0 radical (unpaired) electrons. The molecule has 1 aliphatic heterocycles. The van der Waals surface area contributed by atoms with Gasteiger partial charge >= 0.3 is 0 Å². The van der Waals surface area contributed by atoms with Crippen LogP contribution < -0.4 is 14.8 Å². The molecule has 3 aromatic rings. The van der Waals surface area contributed by atoms with E-state index in [0.29, 0.717) is 42.7 Å². The van der Waals surface area contributed by atoms with E-state index in [1.165, 1.54) is 5.56 Å². The lowest BCUT2D eigenvalue weighted by atomic mass is 10.1. The number of hydrogen-bond acceptors (Lipinski definition) is 6. The normalized spacial score (nSPS) is 15.6. The summed E-state index contributed by atoms with van der Waals surface area (Å²) in [6.45, 7) is 6.91. The first kappa shape index (κ1) is 27.7. The summed E-state index contributed by atoms with van der Waals surface area (Å²) >= 11 is 0. The minimum atomic E-state index is -0.160. The van der Waals surface area contributed by atoms with Crippen molar-refractivity contribution in [1.82, 2.24) is 24.9 Å².